The van der Waals surface area contributed by atoms with Crippen molar-refractivity contribution >= 4 is 33.3 Å². The van der Waals surface area contributed by atoms with Crippen LogP contribution in [0.2, 0.25) is 0 Å². The smallest absolute Gasteiger partial charge is 0.317 e. The Kier molecular flexibility index (Phi) is 6.57. The summed E-state index contributed by atoms with van der Waals surface area (Å²) in [6.45, 7) is 9.02. The van der Waals surface area contributed by atoms with Crippen LogP contribution in [0.25, 0.3) is 16.2 Å². The summed E-state index contributed by atoms with van der Waals surface area (Å²) < 4.78 is 15.8. The lowest BCUT2D eigenvalue weighted by Gasteiger charge is -2.35. The van der Waals surface area contributed by atoms with Gasteiger partial charge in [-0.2, -0.15) is 4.52 Å². The van der Waals surface area contributed by atoms with E-state index in [-0.39, 0.29) is 17.4 Å². The van der Waals surface area contributed by atoms with E-state index in [0.717, 1.165) is 41.8 Å². The Balaban J connectivity index is 1.32. The van der Waals surface area contributed by atoms with E-state index in [4.69, 9.17) is 10.1 Å². The first-order chi connectivity index (χ1) is 16.8. The van der Waals surface area contributed by atoms with E-state index in [1.165, 1.54) is 42.7 Å². The van der Waals surface area contributed by atoms with Crippen LogP contribution in [0, 0.1) is 5.82 Å². The zero-order valence-electron chi connectivity index (χ0n) is 20.7. The fourth-order valence-corrected chi connectivity index (χ4v) is 5.74. The summed E-state index contributed by atoms with van der Waals surface area (Å²) in [4.78, 5) is 22.4. The third-order valence-electron chi connectivity index (χ3n) is 6.55. The number of hydrogen-bond acceptors (Lipinski definition) is 6. The molecule has 3 aromatic rings. The molecule has 5 rings (SSSR count). The second-order valence-corrected chi connectivity index (χ2v) is 11.5. The molecule has 188 valence electrons. The highest BCUT2D eigenvalue weighted by Gasteiger charge is 2.27. The summed E-state index contributed by atoms with van der Waals surface area (Å²) >= 11 is 1.52. The molecule has 1 aliphatic heterocycles. The molecule has 8 nitrogen and oxygen atoms in total. The molecule has 0 atom stereocenters. The number of imidazole rings is 1. The molecular weight excluding hydrogens is 465 g/mol. The van der Waals surface area contributed by atoms with Gasteiger partial charge in [-0.05, 0) is 45.7 Å². The maximum Gasteiger partial charge on any atom is 0.317 e. The first-order valence-electron chi connectivity index (χ1n) is 12.5. The number of hydrogen-bond donors (Lipinski definition) is 2. The minimum Gasteiger partial charge on any atom is -0.364 e. The largest absolute Gasteiger partial charge is 0.364 e. The molecule has 0 radical (unpaired) electrons. The molecule has 10 heteroatoms. The molecule has 3 heterocycles. The lowest BCUT2D eigenvalue weighted by atomic mass is 9.96. The summed E-state index contributed by atoms with van der Waals surface area (Å²) in [7, 11) is 0. The van der Waals surface area contributed by atoms with E-state index in [1.807, 2.05) is 15.5 Å². The van der Waals surface area contributed by atoms with Gasteiger partial charge in [0.25, 0.3) is 0 Å². The van der Waals surface area contributed by atoms with Crippen molar-refractivity contribution in [3.05, 3.63) is 30.1 Å². The molecule has 0 bridgehead atoms. The third kappa shape index (κ3) is 5.37. The molecule has 1 aliphatic carbocycles. The second-order valence-electron chi connectivity index (χ2n) is 10.5. The number of nitrogens with one attached hydrogen (secondary N) is 2. The van der Waals surface area contributed by atoms with E-state index < -0.39 is 0 Å². The van der Waals surface area contributed by atoms with Crippen molar-refractivity contribution in [1.82, 2.24) is 24.8 Å². The first kappa shape index (κ1) is 23.8. The summed E-state index contributed by atoms with van der Waals surface area (Å²) in [5.41, 5.74) is 1.18. The van der Waals surface area contributed by atoms with Crippen LogP contribution in [0.1, 0.15) is 52.9 Å². The summed E-state index contributed by atoms with van der Waals surface area (Å²) in [5, 5.41) is 12.5. The van der Waals surface area contributed by atoms with Gasteiger partial charge in [0.1, 0.15) is 11.5 Å². The maximum atomic E-state index is 13.9. The molecule has 35 heavy (non-hydrogen) atoms. The Labute approximate surface area is 209 Å². The molecule has 2 aromatic heterocycles. The monoisotopic (exact) mass is 499 g/mol. The quantitative estimate of drug-likeness (QED) is 0.530. The predicted octanol–water partition coefficient (Wildman–Crippen LogP) is 4.97. The predicted molar refractivity (Wildman–Crippen MR) is 139 cm³/mol. The zero-order chi connectivity index (χ0) is 24.6. The number of carbonyl (C=O) groups excluding carboxylic acids is 1. The van der Waals surface area contributed by atoms with Gasteiger partial charge < -0.3 is 20.4 Å². The van der Waals surface area contributed by atoms with Gasteiger partial charge in [0.15, 0.2) is 5.82 Å². The average Bonchev–Trinajstić information content (AvgIpc) is 3.38. The topological polar surface area (TPSA) is 77.8 Å². The van der Waals surface area contributed by atoms with E-state index in [1.54, 1.807) is 6.07 Å². The number of carbonyl (C=O) groups is 1. The number of nitrogens with zero attached hydrogens (tertiary/aromatic N) is 5. The van der Waals surface area contributed by atoms with Crippen LogP contribution in [0.3, 0.4) is 0 Å². The fourth-order valence-electron chi connectivity index (χ4n) is 4.78. The Hall–Kier alpha value is -2.88. The van der Waals surface area contributed by atoms with Crippen molar-refractivity contribution < 1.29 is 9.18 Å². The molecule has 1 aromatic carbocycles. The molecular formula is C25H34FN7OS. The van der Waals surface area contributed by atoms with Crippen molar-refractivity contribution in [2.24, 2.45) is 0 Å². The Bertz CT molecular complexity index is 1190. The number of halogens is 1. The summed E-state index contributed by atoms with van der Waals surface area (Å²) in [6, 6.07) is 6.87. The molecule has 1 saturated heterocycles. The number of urea groups is 1. The third-order valence-corrected chi connectivity index (χ3v) is 7.52. The SMILES string of the molecule is CC(C)(C)Nc1c(-c2cccc(F)c2)nc2sc(N3CCN(C(=O)NC4CCCCC4)CC3)nn12. The number of benzene rings is 1. The average molecular weight is 500 g/mol. The highest BCUT2D eigenvalue weighted by molar-refractivity contribution is 7.20. The number of amides is 2. The van der Waals surface area contributed by atoms with Gasteiger partial charge in [-0.15, -0.1) is 5.10 Å². The fraction of sp³-hybridized carbons (Fsp3) is 0.560. The van der Waals surface area contributed by atoms with Crippen molar-refractivity contribution in [3.63, 3.8) is 0 Å². The minimum atomic E-state index is -0.292. The van der Waals surface area contributed by atoms with Crippen LogP contribution < -0.4 is 15.5 Å². The number of rotatable bonds is 4. The van der Waals surface area contributed by atoms with Gasteiger partial charge in [0, 0.05) is 43.3 Å². The van der Waals surface area contributed by atoms with Crippen LogP contribution in [-0.4, -0.2) is 63.3 Å². The van der Waals surface area contributed by atoms with Crippen molar-refractivity contribution in [1.29, 1.82) is 0 Å². The molecule has 2 amide bonds. The highest BCUT2D eigenvalue weighted by Crippen LogP contribution is 2.35. The van der Waals surface area contributed by atoms with E-state index in [2.05, 4.69) is 36.3 Å². The number of fused-ring (bicyclic) bond motifs is 1. The van der Waals surface area contributed by atoms with Gasteiger partial charge in [-0.1, -0.05) is 42.7 Å². The van der Waals surface area contributed by atoms with Gasteiger partial charge in [0.05, 0.1) is 0 Å². The standard InChI is InChI=1S/C25H34FN7OS/c1-25(2,3)29-21-20(17-8-7-9-18(26)16-17)28-23-33(21)30-24(35-23)32-14-12-31(13-15-32)22(34)27-19-10-5-4-6-11-19/h7-9,16,19,29H,4-6,10-15H2,1-3H3,(H,27,34). The van der Waals surface area contributed by atoms with Gasteiger partial charge >= 0.3 is 6.03 Å². The number of aromatic nitrogens is 3. The second kappa shape index (κ2) is 9.64. The zero-order valence-corrected chi connectivity index (χ0v) is 21.5. The van der Waals surface area contributed by atoms with Crippen LogP contribution in [0.5, 0.6) is 0 Å². The minimum absolute atomic E-state index is 0.0573. The van der Waals surface area contributed by atoms with Gasteiger partial charge in [0.2, 0.25) is 10.1 Å². The van der Waals surface area contributed by atoms with Crippen LogP contribution in [-0.2, 0) is 0 Å². The molecule has 0 unspecified atom stereocenters. The van der Waals surface area contributed by atoms with Gasteiger partial charge in [-0.3, -0.25) is 0 Å². The first-order valence-corrected chi connectivity index (χ1v) is 13.3. The molecule has 2 aliphatic rings. The van der Waals surface area contributed by atoms with E-state index in [9.17, 15) is 9.18 Å². The van der Waals surface area contributed by atoms with E-state index >= 15 is 0 Å². The number of anilines is 2. The molecule has 2 fully saturated rings. The highest BCUT2D eigenvalue weighted by atomic mass is 32.1. The Morgan fingerprint density at radius 1 is 1.11 bits per heavy atom. The summed E-state index contributed by atoms with van der Waals surface area (Å²) in [6.07, 6.45) is 5.87. The maximum absolute atomic E-state index is 13.9. The molecule has 1 saturated carbocycles. The van der Waals surface area contributed by atoms with E-state index in [0.29, 0.717) is 30.4 Å². The Morgan fingerprint density at radius 3 is 2.54 bits per heavy atom. The van der Waals surface area contributed by atoms with Gasteiger partial charge in [-0.25, -0.2) is 14.2 Å². The number of piperazine rings is 1. The van der Waals surface area contributed by atoms with Crippen molar-refractivity contribution in [2.45, 2.75) is 64.5 Å². The Morgan fingerprint density at radius 2 is 1.86 bits per heavy atom. The molecule has 0 spiro atoms. The molecule has 2 N–H and O–H groups in total. The van der Waals surface area contributed by atoms with Crippen molar-refractivity contribution in [3.8, 4) is 11.3 Å². The lowest BCUT2D eigenvalue weighted by molar-refractivity contribution is 0.186. The summed E-state index contributed by atoms with van der Waals surface area (Å²) in [5.74, 6) is 0.464. The van der Waals surface area contributed by atoms with Crippen LogP contribution in [0.4, 0.5) is 20.1 Å². The normalized spacial score (nSPS) is 17.7. The van der Waals surface area contributed by atoms with Crippen molar-refractivity contribution in [2.75, 3.05) is 36.4 Å². The van der Waals surface area contributed by atoms with Crippen LogP contribution >= 0.6 is 11.3 Å². The van der Waals surface area contributed by atoms with Crippen LogP contribution in [0.15, 0.2) is 24.3 Å². The lowest BCUT2D eigenvalue weighted by Crippen LogP contribution is -2.53.